The van der Waals surface area contributed by atoms with Crippen LogP contribution in [0.15, 0.2) is 48.7 Å². The van der Waals surface area contributed by atoms with E-state index in [-0.39, 0.29) is 17.9 Å². The quantitative estimate of drug-likeness (QED) is 0.908. The number of rotatable bonds is 4. The summed E-state index contributed by atoms with van der Waals surface area (Å²) in [5, 5.41) is 4.32. The van der Waals surface area contributed by atoms with E-state index >= 15 is 0 Å². The summed E-state index contributed by atoms with van der Waals surface area (Å²) in [6.45, 7) is -0.0519. The number of nitrogens with zero attached hydrogens (tertiary/aromatic N) is 1. The molecule has 1 aromatic heterocycles. The zero-order valence-electron chi connectivity index (χ0n) is 11.7. The van der Waals surface area contributed by atoms with Gasteiger partial charge < -0.3 is 10.6 Å². The van der Waals surface area contributed by atoms with E-state index in [9.17, 15) is 22.8 Å². The Bertz CT molecular complexity index is 703. The molecule has 120 valence electrons. The van der Waals surface area contributed by atoms with Gasteiger partial charge in [-0.15, -0.1) is 0 Å². The minimum absolute atomic E-state index is 0.0175. The van der Waals surface area contributed by atoms with Crippen molar-refractivity contribution in [2.24, 2.45) is 0 Å². The van der Waals surface area contributed by atoms with Crippen molar-refractivity contribution in [2.45, 2.75) is 12.7 Å². The van der Waals surface area contributed by atoms with Crippen molar-refractivity contribution < 1.29 is 22.8 Å². The Morgan fingerprint density at radius 3 is 2.39 bits per heavy atom. The number of amides is 2. The lowest BCUT2D eigenvalue weighted by Crippen LogP contribution is -2.31. The maximum Gasteiger partial charge on any atom is 0.471 e. The van der Waals surface area contributed by atoms with Crippen LogP contribution in [-0.4, -0.2) is 23.0 Å². The summed E-state index contributed by atoms with van der Waals surface area (Å²) < 4.78 is 36.9. The second-order valence-corrected chi connectivity index (χ2v) is 4.51. The molecule has 1 aromatic carbocycles. The second kappa shape index (κ2) is 6.91. The fourth-order valence-electron chi connectivity index (χ4n) is 1.75. The molecule has 8 heteroatoms. The highest BCUT2D eigenvalue weighted by Crippen LogP contribution is 2.20. The van der Waals surface area contributed by atoms with Crippen molar-refractivity contribution in [3.63, 3.8) is 0 Å². The van der Waals surface area contributed by atoms with Crippen molar-refractivity contribution in [3.8, 4) is 0 Å². The molecular weight excluding hydrogens is 311 g/mol. The highest BCUT2D eigenvalue weighted by Gasteiger charge is 2.38. The van der Waals surface area contributed by atoms with Gasteiger partial charge in [-0.25, -0.2) is 0 Å². The predicted molar refractivity (Wildman–Crippen MR) is 76.5 cm³/mol. The lowest BCUT2D eigenvalue weighted by molar-refractivity contribution is -0.167. The molecule has 0 aliphatic rings. The van der Waals surface area contributed by atoms with Gasteiger partial charge >= 0.3 is 12.1 Å². The second-order valence-electron chi connectivity index (χ2n) is 4.51. The largest absolute Gasteiger partial charge is 0.471 e. The van der Waals surface area contributed by atoms with Crippen LogP contribution in [0.4, 0.5) is 18.9 Å². The SMILES string of the molecule is O=C(NCc1ccccc1NC(=O)C(F)(F)F)c1ccccn1. The summed E-state index contributed by atoms with van der Waals surface area (Å²) in [4.78, 5) is 26.7. The van der Waals surface area contributed by atoms with Crippen LogP contribution < -0.4 is 10.6 Å². The number of pyridine rings is 1. The molecule has 2 amide bonds. The number of hydrogen-bond acceptors (Lipinski definition) is 3. The first-order chi connectivity index (χ1) is 10.9. The normalized spacial score (nSPS) is 10.9. The lowest BCUT2D eigenvalue weighted by atomic mass is 10.1. The van der Waals surface area contributed by atoms with E-state index in [1.807, 2.05) is 0 Å². The molecule has 0 fully saturated rings. The third-order valence-corrected chi connectivity index (χ3v) is 2.86. The molecule has 0 unspecified atom stereocenters. The van der Waals surface area contributed by atoms with Crippen LogP contribution in [-0.2, 0) is 11.3 Å². The predicted octanol–water partition coefficient (Wildman–Crippen LogP) is 2.51. The van der Waals surface area contributed by atoms with Crippen LogP contribution in [0.1, 0.15) is 16.1 Å². The molecule has 1 heterocycles. The summed E-state index contributed by atoms with van der Waals surface area (Å²) >= 11 is 0. The maximum absolute atomic E-state index is 12.3. The van der Waals surface area contributed by atoms with Crippen molar-refractivity contribution in [1.82, 2.24) is 10.3 Å². The van der Waals surface area contributed by atoms with Crippen molar-refractivity contribution in [3.05, 3.63) is 59.9 Å². The Hall–Kier alpha value is -2.90. The number of halogens is 3. The van der Waals surface area contributed by atoms with Gasteiger partial charge in [0.2, 0.25) is 0 Å². The molecule has 23 heavy (non-hydrogen) atoms. The number of carbonyl (C=O) groups excluding carboxylic acids is 2. The van der Waals surface area contributed by atoms with Gasteiger partial charge in [0.05, 0.1) is 0 Å². The van der Waals surface area contributed by atoms with Gasteiger partial charge in [-0.3, -0.25) is 14.6 Å². The van der Waals surface area contributed by atoms with E-state index in [1.165, 1.54) is 30.5 Å². The fraction of sp³-hybridized carbons (Fsp3) is 0.133. The molecule has 0 aliphatic carbocycles. The van der Waals surface area contributed by atoms with Gasteiger partial charge in [-0.1, -0.05) is 24.3 Å². The Balaban J connectivity index is 2.06. The molecule has 2 rings (SSSR count). The molecule has 0 atom stereocenters. The van der Waals surface area contributed by atoms with Crippen molar-refractivity contribution >= 4 is 17.5 Å². The molecule has 0 saturated heterocycles. The third-order valence-electron chi connectivity index (χ3n) is 2.86. The van der Waals surface area contributed by atoms with Gasteiger partial charge in [-0.05, 0) is 23.8 Å². The number of alkyl halides is 3. The minimum atomic E-state index is -4.98. The molecule has 0 spiro atoms. The number of aromatic nitrogens is 1. The molecular formula is C15H12F3N3O2. The highest BCUT2D eigenvalue weighted by atomic mass is 19.4. The summed E-state index contributed by atoms with van der Waals surface area (Å²) in [5.41, 5.74) is 0.509. The Kier molecular flexibility index (Phi) is 4.95. The summed E-state index contributed by atoms with van der Waals surface area (Å²) in [6.07, 6.45) is -3.53. The Morgan fingerprint density at radius 1 is 1.04 bits per heavy atom. The zero-order valence-corrected chi connectivity index (χ0v) is 11.7. The molecule has 5 nitrogen and oxygen atoms in total. The lowest BCUT2D eigenvalue weighted by Gasteiger charge is -2.13. The molecule has 0 saturated carbocycles. The number of anilines is 1. The molecule has 2 N–H and O–H groups in total. The molecule has 2 aromatic rings. The highest BCUT2D eigenvalue weighted by molar-refractivity contribution is 5.96. The van der Waals surface area contributed by atoms with E-state index in [0.717, 1.165) is 0 Å². The molecule has 0 bridgehead atoms. The van der Waals surface area contributed by atoms with Crippen LogP contribution in [0.3, 0.4) is 0 Å². The molecule has 0 aliphatic heterocycles. The van der Waals surface area contributed by atoms with Crippen molar-refractivity contribution in [1.29, 1.82) is 0 Å². The van der Waals surface area contributed by atoms with Gasteiger partial charge in [-0.2, -0.15) is 13.2 Å². The first-order valence-electron chi connectivity index (χ1n) is 6.53. The van der Waals surface area contributed by atoms with Crippen molar-refractivity contribution in [2.75, 3.05) is 5.32 Å². The Labute approximate surface area is 129 Å². The van der Waals surface area contributed by atoms with Crippen LogP contribution >= 0.6 is 0 Å². The number of para-hydroxylation sites is 1. The number of hydrogen-bond donors (Lipinski definition) is 2. The first kappa shape index (κ1) is 16.5. The van der Waals surface area contributed by atoms with E-state index < -0.39 is 18.0 Å². The standard InChI is InChI=1S/C15H12F3N3O2/c16-15(17,18)14(23)21-11-6-2-1-5-10(11)9-20-13(22)12-7-3-4-8-19-12/h1-8H,9H2,(H,20,22)(H,21,23). The summed E-state index contributed by atoms with van der Waals surface area (Å²) in [6, 6.07) is 10.7. The summed E-state index contributed by atoms with van der Waals surface area (Å²) in [5.74, 6) is -2.54. The zero-order chi connectivity index (χ0) is 16.9. The number of carbonyl (C=O) groups is 2. The van der Waals surface area contributed by atoms with Crippen LogP contribution in [0.5, 0.6) is 0 Å². The fourth-order valence-corrected chi connectivity index (χ4v) is 1.75. The van der Waals surface area contributed by atoms with Crippen LogP contribution in [0.2, 0.25) is 0 Å². The Morgan fingerprint density at radius 2 is 1.74 bits per heavy atom. The smallest absolute Gasteiger partial charge is 0.347 e. The van der Waals surface area contributed by atoms with E-state index in [1.54, 1.807) is 23.5 Å². The van der Waals surface area contributed by atoms with Gasteiger partial charge in [0, 0.05) is 18.4 Å². The average Bonchev–Trinajstić information content (AvgIpc) is 2.53. The van der Waals surface area contributed by atoms with E-state index in [4.69, 9.17) is 0 Å². The minimum Gasteiger partial charge on any atom is -0.347 e. The van der Waals surface area contributed by atoms with Crippen LogP contribution in [0, 0.1) is 0 Å². The topological polar surface area (TPSA) is 71.1 Å². The number of nitrogens with one attached hydrogen (secondary N) is 2. The summed E-state index contributed by atoms with van der Waals surface area (Å²) in [7, 11) is 0. The van der Waals surface area contributed by atoms with Gasteiger partial charge in [0.15, 0.2) is 0 Å². The average molecular weight is 323 g/mol. The molecule has 0 radical (unpaired) electrons. The number of benzene rings is 1. The maximum atomic E-state index is 12.3. The first-order valence-corrected chi connectivity index (χ1v) is 6.53. The van der Waals surface area contributed by atoms with E-state index in [0.29, 0.717) is 5.56 Å². The van der Waals surface area contributed by atoms with Crippen LogP contribution in [0.25, 0.3) is 0 Å². The van der Waals surface area contributed by atoms with E-state index in [2.05, 4.69) is 10.3 Å². The van der Waals surface area contributed by atoms with Gasteiger partial charge in [0.1, 0.15) is 5.69 Å². The third kappa shape index (κ3) is 4.53. The monoisotopic (exact) mass is 323 g/mol. The van der Waals surface area contributed by atoms with Gasteiger partial charge in [0.25, 0.3) is 5.91 Å².